The normalized spacial score (nSPS) is 11.3. The van der Waals surface area contributed by atoms with Gasteiger partial charge in [0.25, 0.3) is 0 Å². The first kappa shape index (κ1) is 16.9. The summed E-state index contributed by atoms with van der Waals surface area (Å²) >= 11 is 0. The maximum Gasteiger partial charge on any atom is 0.311 e. The predicted octanol–water partition coefficient (Wildman–Crippen LogP) is 1.81. The Balaban J connectivity index is 4.04. The van der Waals surface area contributed by atoms with Gasteiger partial charge in [0.15, 0.2) is 0 Å². The molecule has 0 aromatic carbocycles. The minimum atomic E-state index is -0.845. The molecule has 0 aliphatic rings. The van der Waals surface area contributed by atoms with E-state index < -0.39 is 11.4 Å². The molecule has 2 N–H and O–H groups in total. The molecule has 0 rings (SSSR count). The molecule has 18 heavy (non-hydrogen) atoms. The first-order valence-corrected chi connectivity index (χ1v) is 6.60. The van der Waals surface area contributed by atoms with Gasteiger partial charge in [-0.1, -0.05) is 13.8 Å². The summed E-state index contributed by atoms with van der Waals surface area (Å²) in [6, 6.07) is 0. The second-order valence-electron chi connectivity index (χ2n) is 4.37. The van der Waals surface area contributed by atoms with Crippen LogP contribution in [0.3, 0.4) is 0 Å². The predicted molar refractivity (Wildman–Crippen MR) is 69.4 cm³/mol. The molecule has 5 heteroatoms. The molecule has 0 radical (unpaired) electrons. The Bertz CT molecular complexity index is 262. The lowest BCUT2D eigenvalue weighted by Crippen LogP contribution is -2.42. The number of nitrogens with one attached hydrogen (secondary N) is 1. The van der Waals surface area contributed by atoms with Gasteiger partial charge in [-0.2, -0.15) is 0 Å². The molecular weight excluding hydrogens is 234 g/mol. The number of hydrogen-bond donors (Lipinski definition) is 2. The fourth-order valence-electron chi connectivity index (χ4n) is 1.71. The van der Waals surface area contributed by atoms with Gasteiger partial charge in [-0.15, -0.1) is 0 Å². The van der Waals surface area contributed by atoms with Gasteiger partial charge in [0.05, 0.1) is 5.41 Å². The third-order valence-electron chi connectivity index (χ3n) is 3.33. The Hall–Kier alpha value is -1.10. The summed E-state index contributed by atoms with van der Waals surface area (Å²) in [6.45, 7) is 6.98. The Morgan fingerprint density at radius 3 is 2.28 bits per heavy atom. The number of rotatable bonds is 10. The number of carboxylic acid groups (broad SMARTS) is 1. The quantitative estimate of drug-likeness (QED) is 0.587. The van der Waals surface area contributed by atoms with Gasteiger partial charge in [0, 0.05) is 26.2 Å². The van der Waals surface area contributed by atoms with Crippen molar-refractivity contribution in [3.05, 3.63) is 0 Å². The van der Waals surface area contributed by atoms with Crippen LogP contribution < -0.4 is 5.32 Å². The Morgan fingerprint density at radius 2 is 1.83 bits per heavy atom. The van der Waals surface area contributed by atoms with Crippen LogP contribution in [-0.4, -0.2) is 36.7 Å². The van der Waals surface area contributed by atoms with Crippen LogP contribution in [0.5, 0.6) is 0 Å². The molecule has 0 aromatic rings. The highest BCUT2D eigenvalue weighted by Crippen LogP contribution is 2.25. The van der Waals surface area contributed by atoms with Crippen molar-refractivity contribution in [1.82, 2.24) is 5.32 Å². The molecule has 0 aromatic heterocycles. The van der Waals surface area contributed by atoms with Gasteiger partial charge in [-0.05, 0) is 26.2 Å². The van der Waals surface area contributed by atoms with E-state index in [0.717, 1.165) is 0 Å². The smallest absolute Gasteiger partial charge is 0.311 e. The monoisotopic (exact) mass is 259 g/mol. The van der Waals surface area contributed by atoms with Crippen molar-refractivity contribution < 1.29 is 19.4 Å². The highest BCUT2D eigenvalue weighted by atomic mass is 16.5. The zero-order chi connectivity index (χ0) is 14.0. The molecule has 106 valence electrons. The van der Waals surface area contributed by atoms with Crippen molar-refractivity contribution in [2.24, 2.45) is 5.41 Å². The first-order valence-electron chi connectivity index (χ1n) is 6.60. The van der Waals surface area contributed by atoms with Crippen LogP contribution >= 0.6 is 0 Å². The summed E-state index contributed by atoms with van der Waals surface area (Å²) in [7, 11) is 0. The van der Waals surface area contributed by atoms with E-state index in [-0.39, 0.29) is 12.5 Å². The maximum atomic E-state index is 11.5. The van der Waals surface area contributed by atoms with Gasteiger partial charge in [-0.3, -0.25) is 9.59 Å². The van der Waals surface area contributed by atoms with Crippen LogP contribution in [0.15, 0.2) is 0 Å². The van der Waals surface area contributed by atoms with E-state index in [1.807, 2.05) is 20.8 Å². The summed E-state index contributed by atoms with van der Waals surface area (Å²) in [6.07, 6.45) is 2.07. The van der Waals surface area contributed by atoms with Crippen LogP contribution in [0, 0.1) is 5.41 Å². The summed E-state index contributed by atoms with van der Waals surface area (Å²) in [5.74, 6) is -0.954. The average molecular weight is 259 g/mol. The fourth-order valence-corrected chi connectivity index (χ4v) is 1.71. The van der Waals surface area contributed by atoms with E-state index in [9.17, 15) is 14.7 Å². The van der Waals surface area contributed by atoms with E-state index in [1.54, 1.807) is 0 Å². The van der Waals surface area contributed by atoms with Crippen molar-refractivity contribution >= 4 is 11.9 Å². The molecule has 1 amide bonds. The van der Waals surface area contributed by atoms with Crippen LogP contribution in [0.4, 0.5) is 0 Å². The first-order chi connectivity index (χ1) is 8.52. The zero-order valence-electron chi connectivity index (χ0n) is 11.6. The van der Waals surface area contributed by atoms with Gasteiger partial charge in [-0.25, -0.2) is 0 Å². The second kappa shape index (κ2) is 8.91. The third-order valence-corrected chi connectivity index (χ3v) is 3.33. The standard InChI is InChI=1S/C13H25NO4/c1-4-13(5-2,12(16)17)10-14-11(15)8-7-9-18-6-3/h4-10H2,1-3H3,(H,14,15)(H,16,17). The molecule has 0 atom stereocenters. The molecule has 0 saturated carbocycles. The SMILES string of the molecule is CCOCCCC(=O)NCC(CC)(CC)C(=O)O. The van der Waals surface area contributed by atoms with Crippen LogP contribution in [0.1, 0.15) is 46.5 Å². The molecule has 0 heterocycles. The lowest BCUT2D eigenvalue weighted by atomic mass is 9.82. The largest absolute Gasteiger partial charge is 0.481 e. The number of carbonyl (C=O) groups excluding carboxylic acids is 1. The molecule has 0 unspecified atom stereocenters. The van der Waals surface area contributed by atoms with Crippen molar-refractivity contribution in [3.8, 4) is 0 Å². The van der Waals surface area contributed by atoms with Crippen molar-refractivity contribution in [2.45, 2.75) is 46.5 Å². The molecule has 0 aliphatic carbocycles. The minimum Gasteiger partial charge on any atom is -0.481 e. The molecule has 0 fully saturated rings. The molecule has 5 nitrogen and oxygen atoms in total. The van der Waals surface area contributed by atoms with Crippen LogP contribution in [0.2, 0.25) is 0 Å². The summed E-state index contributed by atoms with van der Waals surface area (Å²) in [5, 5.41) is 11.9. The summed E-state index contributed by atoms with van der Waals surface area (Å²) in [4.78, 5) is 22.8. The Morgan fingerprint density at radius 1 is 1.22 bits per heavy atom. The maximum absolute atomic E-state index is 11.5. The van der Waals surface area contributed by atoms with E-state index in [1.165, 1.54) is 0 Å². The van der Waals surface area contributed by atoms with Crippen LogP contribution in [0.25, 0.3) is 0 Å². The lowest BCUT2D eigenvalue weighted by Gasteiger charge is -2.26. The molecule has 0 bridgehead atoms. The van der Waals surface area contributed by atoms with Crippen molar-refractivity contribution in [2.75, 3.05) is 19.8 Å². The summed E-state index contributed by atoms with van der Waals surface area (Å²) < 4.78 is 5.14. The minimum absolute atomic E-state index is 0.109. The zero-order valence-corrected chi connectivity index (χ0v) is 11.6. The highest BCUT2D eigenvalue weighted by molar-refractivity contribution is 5.79. The number of carbonyl (C=O) groups is 2. The van der Waals surface area contributed by atoms with E-state index in [4.69, 9.17) is 4.74 Å². The number of ether oxygens (including phenoxy) is 1. The molecular formula is C13H25NO4. The Labute approximate surface area is 109 Å². The van der Waals surface area contributed by atoms with Gasteiger partial charge in [0.1, 0.15) is 0 Å². The number of hydrogen-bond acceptors (Lipinski definition) is 3. The second-order valence-corrected chi connectivity index (χ2v) is 4.37. The number of carboxylic acids is 1. The topological polar surface area (TPSA) is 75.6 Å². The van der Waals surface area contributed by atoms with E-state index in [0.29, 0.717) is 38.9 Å². The van der Waals surface area contributed by atoms with Gasteiger partial charge in [0.2, 0.25) is 5.91 Å². The third kappa shape index (κ3) is 5.49. The molecule has 0 aliphatic heterocycles. The van der Waals surface area contributed by atoms with Crippen LogP contribution in [-0.2, 0) is 14.3 Å². The number of amides is 1. The van der Waals surface area contributed by atoms with Crippen molar-refractivity contribution in [3.63, 3.8) is 0 Å². The molecule has 0 saturated heterocycles. The lowest BCUT2D eigenvalue weighted by molar-refractivity contribution is -0.149. The molecule has 0 spiro atoms. The Kier molecular flexibility index (Phi) is 8.37. The number of aliphatic carboxylic acids is 1. The van der Waals surface area contributed by atoms with E-state index >= 15 is 0 Å². The average Bonchev–Trinajstić information content (AvgIpc) is 2.36. The van der Waals surface area contributed by atoms with Gasteiger partial charge < -0.3 is 15.2 Å². The summed E-state index contributed by atoms with van der Waals surface area (Å²) in [5.41, 5.74) is -0.838. The highest BCUT2D eigenvalue weighted by Gasteiger charge is 2.34. The van der Waals surface area contributed by atoms with E-state index in [2.05, 4.69) is 5.32 Å². The fraction of sp³-hybridized carbons (Fsp3) is 0.846. The van der Waals surface area contributed by atoms with Crippen molar-refractivity contribution in [1.29, 1.82) is 0 Å². The van der Waals surface area contributed by atoms with Gasteiger partial charge >= 0.3 is 5.97 Å².